The molecule has 0 saturated carbocycles. The number of carbonyl (C=O) groups is 1. The van der Waals surface area contributed by atoms with Crippen molar-refractivity contribution in [2.75, 3.05) is 31.3 Å². The first kappa shape index (κ1) is 21.7. The van der Waals surface area contributed by atoms with Crippen LogP contribution in [0.2, 0.25) is 0 Å². The molecule has 11 heteroatoms. The van der Waals surface area contributed by atoms with E-state index >= 15 is 0 Å². The standard InChI is InChI=1S/C22H26N6O4S/c1-15(29)26-9-7-21-20(13-26)22(25-28(21)19-8-10-32-14-19)24-18-5-3-16(4-6-18)17-11-23-27(12-17)33(2,30)31/h3-6,11-12,19H,7-10,13-14H2,1-2H3,(H,24,25)/t19-/m0/s1. The van der Waals surface area contributed by atoms with Crippen LogP contribution in [0.4, 0.5) is 11.5 Å². The van der Waals surface area contributed by atoms with Gasteiger partial charge in [0, 0.05) is 49.0 Å². The molecule has 4 heterocycles. The lowest BCUT2D eigenvalue weighted by Gasteiger charge is -2.27. The lowest BCUT2D eigenvalue weighted by atomic mass is 10.1. The molecule has 0 radical (unpaired) electrons. The van der Waals surface area contributed by atoms with Crippen LogP contribution in [0.15, 0.2) is 36.7 Å². The van der Waals surface area contributed by atoms with Crippen LogP contribution in [0.5, 0.6) is 0 Å². The number of aromatic nitrogens is 4. The zero-order valence-electron chi connectivity index (χ0n) is 18.6. The number of nitrogens with zero attached hydrogens (tertiary/aromatic N) is 5. The summed E-state index contributed by atoms with van der Waals surface area (Å²) in [6.07, 6.45) is 5.84. The predicted molar refractivity (Wildman–Crippen MR) is 123 cm³/mol. The molecule has 2 aromatic heterocycles. The molecule has 174 valence electrons. The number of carbonyl (C=O) groups excluding carboxylic acids is 1. The minimum atomic E-state index is -3.42. The van der Waals surface area contributed by atoms with Gasteiger partial charge in [-0.3, -0.25) is 9.48 Å². The molecule has 2 aliphatic rings. The van der Waals surface area contributed by atoms with E-state index in [4.69, 9.17) is 9.84 Å². The molecule has 0 bridgehead atoms. The second-order valence-corrected chi connectivity index (χ2v) is 10.3. The molecular weight excluding hydrogens is 444 g/mol. The Morgan fingerprint density at radius 2 is 2.00 bits per heavy atom. The van der Waals surface area contributed by atoms with Gasteiger partial charge in [-0.15, -0.1) is 0 Å². The van der Waals surface area contributed by atoms with Gasteiger partial charge < -0.3 is 15.0 Å². The molecule has 1 N–H and O–H groups in total. The Kier molecular flexibility index (Phi) is 5.45. The van der Waals surface area contributed by atoms with Gasteiger partial charge in [-0.25, -0.2) is 8.42 Å². The number of benzene rings is 1. The van der Waals surface area contributed by atoms with Crippen molar-refractivity contribution in [1.29, 1.82) is 0 Å². The molecule has 10 nitrogen and oxygen atoms in total. The molecular formula is C22H26N6O4S. The Morgan fingerprint density at radius 3 is 2.64 bits per heavy atom. The minimum absolute atomic E-state index is 0.0579. The third-order valence-electron chi connectivity index (χ3n) is 6.16. The van der Waals surface area contributed by atoms with Crippen molar-refractivity contribution in [3.8, 4) is 11.1 Å². The lowest BCUT2D eigenvalue weighted by molar-refractivity contribution is -0.129. The molecule has 33 heavy (non-hydrogen) atoms. The molecule has 0 unspecified atom stereocenters. The predicted octanol–water partition coefficient (Wildman–Crippen LogP) is 2.16. The molecule has 1 aromatic carbocycles. The van der Waals surface area contributed by atoms with Crippen molar-refractivity contribution in [2.24, 2.45) is 0 Å². The van der Waals surface area contributed by atoms with Crippen LogP contribution >= 0.6 is 0 Å². The summed E-state index contributed by atoms with van der Waals surface area (Å²) in [6, 6.07) is 7.86. The van der Waals surface area contributed by atoms with Gasteiger partial charge in [0.15, 0.2) is 5.82 Å². The largest absolute Gasteiger partial charge is 0.379 e. The SMILES string of the molecule is CC(=O)N1CCc2c(c(Nc3ccc(-c4cnn(S(C)(=O)=O)c4)cc3)nn2[C@H]2CCOC2)C1. The van der Waals surface area contributed by atoms with Crippen LogP contribution in [-0.4, -0.2) is 64.2 Å². The van der Waals surface area contributed by atoms with Gasteiger partial charge in [0.2, 0.25) is 5.91 Å². The van der Waals surface area contributed by atoms with Crippen molar-refractivity contribution in [2.45, 2.75) is 32.4 Å². The second kappa shape index (κ2) is 8.31. The Morgan fingerprint density at radius 1 is 1.21 bits per heavy atom. The number of anilines is 2. The lowest BCUT2D eigenvalue weighted by Crippen LogP contribution is -2.35. The average molecular weight is 471 g/mol. The van der Waals surface area contributed by atoms with Gasteiger partial charge in [-0.1, -0.05) is 12.1 Å². The Balaban J connectivity index is 1.42. The Labute approximate surface area is 192 Å². The van der Waals surface area contributed by atoms with E-state index in [0.717, 1.165) is 58.1 Å². The topological polar surface area (TPSA) is 111 Å². The van der Waals surface area contributed by atoms with E-state index in [1.165, 1.54) is 12.4 Å². The van der Waals surface area contributed by atoms with Gasteiger partial charge in [0.1, 0.15) is 0 Å². The Hall–Kier alpha value is -3.18. The highest BCUT2D eigenvalue weighted by Crippen LogP contribution is 2.33. The van der Waals surface area contributed by atoms with Crippen molar-refractivity contribution in [1.82, 2.24) is 23.9 Å². The normalized spacial score (nSPS) is 18.4. The maximum atomic E-state index is 12.0. The van der Waals surface area contributed by atoms with Gasteiger partial charge in [-0.05, 0) is 24.1 Å². The van der Waals surface area contributed by atoms with E-state index in [1.54, 1.807) is 6.92 Å². The molecule has 0 aliphatic carbocycles. The minimum Gasteiger partial charge on any atom is -0.379 e. The highest BCUT2D eigenvalue weighted by Gasteiger charge is 2.30. The highest BCUT2D eigenvalue weighted by molar-refractivity contribution is 7.89. The summed E-state index contributed by atoms with van der Waals surface area (Å²) in [5.41, 5.74) is 4.63. The van der Waals surface area contributed by atoms with Gasteiger partial charge in [0.05, 0.1) is 37.8 Å². The summed E-state index contributed by atoms with van der Waals surface area (Å²) in [6.45, 7) is 4.21. The highest BCUT2D eigenvalue weighted by atomic mass is 32.2. The van der Waals surface area contributed by atoms with Gasteiger partial charge in [-0.2, -0.15) is 14.3 Å². The number of fused-ring (bicyclic) bond motifs is 1. The fourth-order valence-electron chi connectivity index (χ4n) is 4.35. The van der Waals surface area contributed by atoms with E-state index in [-0.39, 0.29) is 11.9 Å². The Bertz CT molecular complexity index is 1290. The first-order valence-corrected chi connectivity index (χ1v) is 12.7. The quantitative estimate of drug-likeness (QED) is 0.608. The van der Waals surface area contributed by atoms with E-state index in [2.05, 4.69) is 15.1 Å². The van der Waals surface area contributed by atoms with Crippen LogP contribution in [0, 0.1) is 0 Å². The number of nitrogens with one attached hydrogen (secondary N) is 1. The maximum Gasteiger partial charge on any atom is 0.250 e. The maximum absolute atomic E-state index is 12.0. The van der Waals surface area contributed by atoms with Gasteiger partial charge >= 0.3 is 0 Å². The van der Waals surface area contributed by atoms with Crippen LogP contribution < -0.4 is 5.32 Å². The number of amides is 1. The molecule has 1 amide bonds. The first-order valence-electron chi connectivity index (χ1n) is 10.9. The van der Waals surface area contributed by atoms with Crippen LogP contribution in [0.3, 0.4) is 0 Å². The smallest absolute Gasteiger partial charge is 0.250 e. The van der Waals surface area contributed by atoms with E-state index < -0.39 is 10.0 Å². The molecule has 0 spiro atoms. The summed E-state index contributed by atoms with van der Waals surface area (Å²) in [5, 5.41) is 12.2. The zero-order chi connectivity index (χ0) is 23.2. The van der Waals surface area contributed by atoms with E-state index in [0.29, 0.717) is 25.3 Å². The molecule has 1 fully saturated rings. The van der Waals surface area contributed by atoms with Crippen molar-refractivity contribution in [3.63, 3.8) is 0 Å². The molecule has 1 atom stereocenters. The van der Waals surface area contributed by atoms with Crippen molar-refractivity contribution >= 4 is 27.4 Å². The van der Waals surface area contributed by atoms with E-state index in [9.17, 15) is 13.2 Å². The van der Waals surface area contributed by atoms with Crippen LogP contribution in [0.1, 0.15) is 30.6 Å². The molecule has 5 rings (SSSR count). The summed E-state index contributed by atoms with van der Waals surface area (Å²) < 4.78 is 31.9. The molecule has 1 saturated heterocycles. The summed E-state index contributed by atoms with van der Waals surface area (Å²) in [4.78, 5) is 13.8. The van der Waals surface area contributed by atoms with Crippen molar-refractivity contribution in [3.05, 3.63) is 47.9 Å². The number of hydrogen-bond donors (Lipinski definition) is 1. The van der Waals surface area contributed by atoms with Crippen LogP contribution in [0.25, 0.3) is 11.1 Å². The van der Waals surface area contributed by atoms with Crippen LogP contribution in [-0.2, 0) is 32.5 Å². The fourth-order valence-corrected chi connectivity index (χ4v) is 4.87. The first-order chi connectivity index (χ1) is 15.8. The average Bonchev–Trinajstić information content (AvgIpc) is 3.54. The molecule has 2 aliphatic heterocycles. The molecule has 3 aromatic rings. The zero-order valence-corrected chi connectivity index (χ0v) is 19.4. The number of hydrogen-bond acceptors (Lipinski definition) is 7. The third kappa shape index (κ3) is 4.25. The third-order valence-corrected chi connectivity index (χ3v) is 7.04. The second-order valence-electron chi connectivity index (χ2n) is 8.49. The van der Waals surface area contributed by atoms with Crippen molar-refractivity contribution < 1.29 is 17.9 Å². The fraction of sp³-hybridized carbons (Fsp3) is 0.409. The summed E-state index contributed by atoms with van der Waals surface area (Å²) >= 11 is 0. The van der Waals surface area contributed by atoms with Gasteiger partial charge in [0.25, 0.3) is 10.0 Å². The number of ether oxygens (including phenoxy) is 1. The summed E-state index contributed by atoms with van der Waals surface area (Å²) in [7, 11) is -3.42. The summed E-state index contributed by atoms with van der Waals surface area (Å²) in [5.74, 6) is 0.808. The van der Waals surface area contributed by atoms with E-state index in [1.807, 2.05) is 29.2 Å². The monoisotopic (exact) mass is 470 g/mol. The number of rotatable bonds is 5.